The van der Waals surface area contributed by atoms with Gasteiger partial charge < -0.3 is 14.4 Å². The van der Waals surface area contributed by atoms with E-state index in [4.69, 9.17) is 4.42 Å². The van der Waals surface area contributed by atoms with Gasteiger partial charge in [0.15, 0.2) is 5.76 Å². The van der Waals surface area contributed by atoms with Crippen LogP contribution in [0.15, 0.2) is 21.6 Å². The molecule has 0 unspecified atom stereocenters. The molecule has 1 saturated carbocycles. The van der Waals surface area contributed by atoms with Gasteiger partial charge >= 0.3 is 5.97 Å². The van der Waals surface area contributed by atoms with Crippen molar-refractivity contribution in [3.05, 3.63) is 17.9 Å². The van der Waals surface area contributed by atoms with Crippen molar-refractivity contribution < 1.29 is 27.5 Å². The van der Waals surface area contributed by atoms with Gasteiger partial charge in [-0.05, 0) is 44.4 Å². The van der Waals surface area contributed by atoms with Gasteiger partial charge in [-0.25, -0.2) is 17.9 Å². The maximum Gasteiger partial charge on any atom is 0.326 e. The van der Waals surface area contributed by atoms with Gasteiger partial charge in [0.25, 0.3) is 15.9 Å². The molecule has 1 amide bonds. The summed E-state index contributed by atoms with van der Waals surface area (Å²) in [6.45, 7) is 0. The number of hydrogen-bond acceptors (Lipinski definition) is 5. The van der Waals surface area contributed by atoms with E-state index < -0.39 is 27.9 Å². The summed E-state index contributed by atoms with van der Waals surface area (Å²) in [4.78, 5) is 25.7. The Bertz CT molecular complexity index is 756. The number of fused-ring (bicyclic) bond motifs is 1. The van der Waals surface area contributed by atoms with Crippen LogP contribution in [0.5, 0.6) is 0 Å². The lowest BCUT2D eigenvalue weighted by atomic mass is 9.84. The number of rotatable bonds is 4. The molecule has 2 heterocycles. The second kappa shape index (κ2) is 6.21. The van der Waals surface area contributed by atoms with E-state index in [0.717, 1.165) is 25.7 Å². The van der Waals surface area contributed by atoms with Crippen molar-refractivity contribution in [2.45, 2.75) is 49.3 Å². The highest BCUT2D eigenvalue weighted by molar-refractivity contribution is 7.89. The van der Waals surface area contributed by atoms with Crippen LogP contribution in [-0.2, 0) is 14.8 Å². The first-order valence-corrected chi connectivity index (χ1v) is 9.42. The van der Waals surface area contributed by atoms with Crippen molar-refractivity contribution in [2.75, 3.05) is 7.05 Å². The monoisotopic (exact) mass is 356 g/mol. The number of carboxylic acids is 1. The second-order valence-electron chi connectivity index (χ2n) is 6.24. The number of furan rings is 1. The quantitative estimate of drug-likeness (QED) is 0.833. The Labute approximate surface area is 139 Å². The number of likely N-dealkylation sites (tertiary alicyclic amines) is 1. The van der Waals surface area contributed by atoms with Gasteiger partial charge in [-0.15, -0.1) is 0 Å². The fourth-order valence-electron chi connectivity index (χ4n) is 3.78. The molecule has 132 valence electrons. The largest absolute Gasteiger partial charge is 0.480 e. The molecule has 1 aliphatic carbocycles. The lowest BCUT2D eigenvalue weighted by molar-refractivity contribution is -0.141. The lowest BCUT2D eigenvalue weighted by Gasteiger charge is -2.32. The molecule has 1 aromatic rings. The van der Waals surface area contributed by atoms with E-state index in [1.165, 1.54) is 24.1 Å². The van der Waals surface area contributed by atoms with Crippen molar-refractivity contribution in [1.29, 1.82) is 0 Å². The Balaban J connectivity index is 1.91. The molecule has 0 radical (unpaired) electrons. The lowest BCUT2D eigenvalue weighted by Crippen LogP contribution is -2.46. The van der Waals surface area contributed by atoms with Crippen LogP contribution in [0.2, 0.25) is 0 Å². The predicted molar refractivity (Wildman–Crippen MR) is 82.9 cm³/mol. The molecule has 2 aliphatic rings. The summed E-state index contributed by atoms with van der Waals surface area (Å²) < 4.78 is 30.8. The molecular formula is C15H20N2O6S. The average molecular weight is 356 g/mol. The van der Waals surface area contributed by atoms with Crippen molar-refractivity contribution in [3.8, 4) is 0 Å². The molecular weight excluding hydrogens is 336 g/mol. The Morgan fingerprint density at radius 2 is 2.00 bits per heavy atom. The zero-order valence-corrected chi connectivity index (χ0v) is 14.1. The van der Waals surface area contributed by atoms with Crippen LogP contribution in [0.1, 0.15) is 42.7 Å². The van der Waals surface area contributed by atoms with E-state index >= 15 is 0 Å². The molecule has 24 heavy (non-hydrogen) atoms. The summed E-state index contributed by atoms with van der Waals surface area (Å²) in [5, 5.41) is 9.11. The van der Waals surface area contributed by atoms with E-state index in [0.29, 0.717) is 6.42 Å². The highest BCUT2D eigenvalue weighted by atomic mass is 32.2. The molecule has 0 spiro atoms. The number of aliphatic carboxylic acids is 1. The third kappa shape index (κ3) is 2.82. The first-order valence-electron chi connectivity index (χ1n) is 7.94. The van der Waals surface area contributed by atoms with Gasteiger partial charge in [0, 0.05) is 6.04 Å². The summed E-state index contributed by atoms with van der Waals surface area (Å²) in [7, 11) is -2.55. The van der Waals surface area contributed by atoms with Gasteiger partial charge in [0.05, 0.1) is 0 Å². The number of carboxylic acid groups (broad SMARTS) is 1. The Morgan fingerprint density at radius 3 is 2.67 bits per heavy atom. The summed E-state index contributed by atoms with van der Waals surface area (Å²) in [6.07, 6.45) is 4.11. The normalized spacial score (nSPS) is 27.0. The van der Waals surface area contributed by atoms with Gasteiger partial charge in [-0.1, -0.05) is 12.8 Å². The molecule has 3 rings (SSSR count). The predicted octanol–water partition coefficient (Wildman–Crippen LogP) is 1.05. The van der Waals surface area contributed by atoms with Crippen LogP contribution in [-0.4, -0.2) is 49.4 Å². The number of nitrogens with zero attached hydrogens (tertiary/aromatic N) is 1. The smallest absolute Gasteiger partial charge is 0.326 e. The number of hydrogen-bond donors (Lipinski definition) is 2. The summed E-state index contributed by atoms with van der Waals surface area (Å²) >= 11 is 0. The maximum atomic E-state index is 12.8. The standard InChI is InChI=1S/C15H20N2O6S/c1-16-24(21,22)13-7-6-12(23-13)14(18)17-10-5-3-2-4-9(10)8-11(17)15(19)20/h6-7,9-11,16H,2-5,8H2,1H3,(H,19,20)/t9-,10+,11-/m0/s1. The number of carbonyl (C=O) groups excluding carboxylic acids is 1. The fourth-order valence-corrected chi connectivity index (χ4v) is 4.43. The average Bonchev–Trinajstić information content (AvgIpc) is 3.19. The van der Waals surface area contributed by atoms with Crippen molar-refractivity contribution >= 4 is 21.9 Å². The van der Waals surface area contributed by atoms with Gasteiger partial charge in [0.1, 0.15) is 6.04 Å². The molecule has 3 atom stereocenters. The molecule has 1 aliphatic heterocycles. The van der Waals surface area contributed by atoms with Gasteiger partial charge in [-0.2, -0.15) is 0 Å². The molecule has 1 aromatic heterocycles. The molecule has 0 bridgehead atoms. The van der Waals surface area contributed by atoms with E-state index in [-0.39, 0.29) is 22.8 Å². The highest BCUT2D eigenvalue weighted by Crippen LogP contribution is 2.40. The van der Waals surface area contributed by atoms with Crippen LogP contribution in [0.3, 0.4) is 0 Å². The molecule has 2 N–H and O–H groups in total. The van der Waals surface area contributed by atoms with E-state index in [1.54, 1.807) is 0 Å². The topological polar surface area (TPSA) is 117 Å². The molecule has 1 saturated heterocycles. The zero-order valence-electron chi connectivity index (χ0n) is 13.3. The Kier molecular flexibility index (Phi) is 4.39. The van der Waals surface area contributed by atoms with Gasteiger partial charge in [-0.3, -0.25) is 4.79 Å². The van der Waals surface area contributed by atoms with E-state index in [2.05, 4.69) is 4.72 Å². The maximum absolute atomic E-state index is 12.8. The third-order valence-corrected chi connectivity index (χ3v) is 6.22. The summed E-state index contributed by atoms with van der Waals surface area (Å²) in [6, 6.07) is 1.46. The van der Waals surface area contributed by atoms with Crippen LogP contribution >= 0.6 is 0 Å². The first-order chi connectivity index (χ1) is 11.3. The molecule has 2 fully saturated rings. The van der Waals surface area contributed by atoms with Crippen LogP contribution in [0, 0.1) is 5.92 Å². The Morgan fingerprint density at radius 1 is 1.29 bits per heavy atom. The molecule has 0 aromatic carbocycles. The van der Waals surface area contributed by atoms with Gasteiger partial charge in [0.2, 0.25) is 5.09 Å². The molecule has 8 nitrogen and oxygen atoms in total. The second-order valence-corrected chi connectivity index (χ2v) is 8.06. The number of sulfonamides is 1. The SMILES string of the molecule is CNS(=O)(=O)c1ccc(C(=O)N2[C@@H]3CCCC[C@H]3C[C@H]2C(=O)O)o1. The molecule has 9 heteroatoms. The zero-order chi connectivity index (χ0) is 17.5. The summed E-state index contributed by atoms with van der Waals surface area (Å²) in [5.41, 5.74) is 0. The van der Waals surface area contributed by atoms with Crippen LogP contribution in [0.4, 0.5) is 0 Å². The summed E-state index contributed by atoms with van der Waals surface area (Å²) in [5.74, 6) is -1.57. The number of nitrogens with one attached hydrogen (secondary N) is 1. The third-order valence-electron chi connectivity index (χ3n) is 4.93. The minimum atomic E-state index is -3.79. The number of amides is 1. The van der Waals surface area contributed by atoms with E-state index in [9.17, 15) is 23.1 Å². The first kappa shape index (κ1) is 17.0. The fraction of sp³-hybridized carbons (Fsp3) is 0.600. The minimum absolute atomic E-state index is 0.123. The van der Waals surface area contributed by atoms with Crippen molar-refractivity contribution in [1.82, 2.24) is 9.62 Å². The Hall–Kier alpha value is -1.87. The highest BCUT2D eigenvalue weighted by Gasteiger charge is 2.48. The van der Waals surface area contributed by atoms with E-state index in [1.807, 2.05) is 0 Å². The van der Waals surface area contributed by atoms with Crippen molar-refractivity contribution in [3.63, 3.8) is 0 Å². The number of carbonyl (C=O) groups is 2. The van der Waals surface area contributed by atoms with Crippen LogP contribution in [0.25, 0.3) is 0 Å². The van der Waals surface area contributed by atoms with Crippen LogP contribution < -0.4 is 4.72 Å². The van der Waals surface area contributed by atoms with Crippen molar-refractivity contribution in [2.24, 2.45) is 5.92 Å². The minimum Gasteiger partial charge on any atom is -0.480 e.